The molecule has 5 nitrogen and oxygen atoms in total. The van der Waals surface area contributed by atoms with Crippen molar-refractivity contribution in [2.75, 3.05) is 26.2 Å². The van der Waals surface area contributed by atoms with Gasteiger partial charge in [-0.15, -0.1) is 0 Å². The predicted molar refractivity (Wildman–Crippen MR) is 70.1 cm³/mol. The number of nitrogens with one attached hydrogen (secondary N) is 2. The lowest BCUT2D eigenvalue weighted by atomic mass is 10.1. The molecule has 1 aliphatic rings. The molecule has 6 heteroatoms. The molecule has 1 heterocycles. The minimum Gasteiger partial charge on any atom is -0.317 e. The third-order valence-electron chi connectivity index (χ3n) is 3.00. The summed E-state index contributed by atoms with van der Waals surface area (Å²) in [6.07, 6.45) is 3.50. The van der Waals surface area contributed by atoms with Gasteiger partial charge >= 0.3 is 0 Å². The van der Waals surface area contributed by atoms with Gasteiger partial charge in [-0.05, 0) is 38.8 Å². The van der Waals surface area contributed by atoms with Crippen molar-refractivity contribution in [2.45, 2.75) is 45.6 Å². The first-order valence-electron chi connectivity index (χ1n) is 6.59. The van der Waals surface area contributed by atoms with E-state index in [0.717, 1.165) is 38.8 Å². The largest absolute Gasteiger partial charge is 0.317 e. The Kier molecular flexibility index (Phi) is 6.40. The molecule has 0 aromatic heterocycles. The lowest BCUT2D eigenvalue weighted by Gasteiger charge is -2.33. The van der Waals surface area contributed by atoms with Crippen LogP contribution < -0.4 is 10.0 Å². The molecule has 102 valence electrons. The van der Waals surface area contributed by atoms with Crippen molar-refractivity contribution in [3.63, 3.8) is 0 Å². The standard InChI is InChI=1S/C11H25N3O2S/c1-3-7-13-17(15,16)14(10-4-2)11-5-8-12-9-6-11/h11-13H,3-10H2,1-2H3. The highest BCUT2D eigenvalue weighted by molar-refractivity contribution is 7.87. The van der Waals surface area contributed by atoms with E-state index in [4.69, 9.17) is 0 Å². The summed E-state index contributed by atoms with van der Waals surface area (Å²) in [6.45, 7) is 6.94. The smallest absolute Gasteiger partial charge is 0.279 e. The highest BCUT2D eigenvalue weighted by Gasteiger charge is 2.29. The molecule has 17 heavy (non-hydrogen) atoms. The number of rotatable bonds is 7. The molecule has 0 aromatic carbocycles. The fourth-order valence-electron chi connectivity index (χ4n) is 2.13. The minimum absolute atomic E-state index is 0.158. The van der Waals surface area contributed by atoms with Crippen LogP contribution in [-0.2, 0) is 10.2 Å². The van der Waals surface area contributed by atoms with E-state index in [1.165, 1.54) is 0 Å². The Hall–Kier alpha value is -0.170. The fourth-order valence-corrected chi connectivity index (χ4v) is 3.78. The molecule has 1 fully saturated rings. The van der Waals surface area contributed by atoms with Crippen molar-refractivity contribution in [1.29, 1.82) is 0 Å². The van der Waals surface area contributed by atoms with E-state index in [0.29, 0.717) is 13.1 Å². The first-order valence-corrected chi connectivity index (χ1v) is 8.03. The topological polar surface area (TPSA) is 61.4 Å². The summed E-state index contributed by atoms with van der Waals surface area (Å²) in [5, 5.41) is 3.26. The Morgan fingerprint density at radius 1 is 1.24 bits per heavy atom. The second-order valence-corrected chi connectivity index (χ2v) is 6.20. The molecular formula is C11H25N3O2S. The molecule has 1 saturated heterocycles. The van der Waals surface area contributed by atoms with Crippen molar-refractivity contribution in [1.82, 2.24) is 14.3 Å². The number of piperidine rings is 1. The lowest BCUT2D eigenvalue weighted by molar-refractivity contribution is 0.259. The molecule has 1 aliphatic heterocycles. The van der Waals surface area contributed by atoms with Gasteiger partial charge in [-0.3, -0.25) is 0 Å². The van der Waals surface area contributed by atoms with Crippen LogP contribution in [0.25, 0.3) is 0 Å². The highest BCUT2D eigenvalue weighted by Crippen LogP contribution is 2.15. The monoisotopic (exact) mass is 263 g/mol. The van der Waals surface area contributed by atoms with Crippen LogP contribution in [0, 0.1) is 0 Å². The van der Waals surface area contributed by atoms with E-state index in [2.05, 4.69) is 10.0 Å². The maximum atomic E-state index is 12.2. The third-order valence-corrected chi connectivity index (χ3v) is 4.67. The first-order chi connectivity index (χ1) is 8.11. The minimum atomic E-state index is -3.29. The molecule has 0 bridgehead atoms. The Balaban J connectivity index is 2.68. The first kappa shape index (κ1) is 14.9. The number of hydrogen-bond acceptors (Lipinski definition) is 3. The second kappa shape index (κ2) is 7.31. The van der Waals surface area contributed by atoms with E-state index >= 15 is 0 Å². The third kappa shape index (κ3) is 4.54. The van der Waals surface area contributed by atoms with E-state index in [1.807, 2.05) is 13.8 Å². The molecule has 0 spiro atoms. The summed E-state index contributed by atoms with van der Waals surface area (Å²) in [7, 11) is -3.29. The van der Waals surface area contributed by atoms with Gasteiger partial charge in [0.15, 0.2) is 0 Å². The zero-order valence-corrected chi connectivity index (χ0v) is 11.7. The molecule has 0 amide bonds. The van der Waals surface area contributed by atoms with Gasteiger partial charge < -0.3 is 5.32 Å². The van der Waals surface area contributed by atoms with Crippen LogP contribution in [0.1, 0.15) is 39.5 Å². The summed E-state index contributed by atoms with van der Waals surface area (Å²) in [5.74, 6) is 0. The van der Waals surface area contributed by atoms with Crippen LogP contribution in [0.2, 0.25) is 0 Å². The van der Waals surface area contributed by atoms with Crippen LogP contribution >= 0.6 is 0 Å². The van der Waals surface area contributed by atoms with Crippen molar-refractivity contribution in [3.8, 4) is 0 Å². The summed E-state index contributed by atoms with van der Waals surface area (Å²) < 4.78 is 28.7. The van der Waals surface area contributed by atoms with E-state index in [1.54, 1.807) is 4.31 Å². The summed E-state index contributed by atoms with van der Waals surface area (Å²) in [5.41, 5.74) is 0. The highest BCUT2D eigenvalue weighted by atomic mass is 32.2. The molecule has 1 rings (SSSR count). The molecule has 0 atom stereocenters. The van der Waals surface area contributed by atoms with Gasteiger partial charge in [0, 0.05) is 19.1 Å². The van der Waals surface area contributed by atoms with Crippen molar-refractivity contribution in [2.24, 2.45) is 0 Å². The van der Waals surface area contributed by atoms with Crippen LogP contribution in [0.4, 0.5) is 0 Å². The quantitative estimate of drug-likeness (QED) is 0.710. The SMILES string of the molecule is CCCNS(=O)(=O)N(CCC)C1CCNCC1. The Labute approximate surface area is 105 Å². The van der Waals surface area contributed by atoms with Crippen LogP contribution in [0.15, 0.2) is 0 Å². The van der Waals surface area contributed by atoms with Gasteiger partial charge in [0.25, 0.3) is 10.2 Å². The summed E-state index contributed by atoms with van der Waals surface area (Å²) in [6, 6.07) is 0.158. The van der Waals surface area contributed by atoms with E-state index in [-0.39, 0.29) is 6.04 Å². The Morgan fingerprint density at radius 2 is 1.88 bits per heavy atom. The van der Waals surface area contributed by atoms with E-state index in [9.17, 15) is 8.42 Å². The second-order valence-electron chi connectivity index (χ2n) is 4.49. The molecule has 0 radical (unpaired) electrons. The number of hydrogen-bond donors (Lipinski definition) is 2. The lowest BCUT2D eigenvalue weighted by Crippen LogP contribution is -2.50. The predicted octanol–water partition coefficient (Wildman–Crippen LogP) is 0.695. The summed E-state index contributed by atoms with van der Waals surface area (Å²) >= 11 is 0. The average Bonchev–Trinajstić information content (AvgIpc) is 2.34. The van der Waals surface area contributed by atoms with Gasteiger partial charge in [0.1, 0.15) is 0 Å². The molecule has 0 saturated carbocycles. The Morgan fingerprint density at radius 3 is 2.41 bits per heavy atom. The number of nitrogens with zero attached hydrogens (tertiary/aromatic N) is 1. The normalized spacial score (nSPS) is 18.8. The van der Waals surface area contributed by atoms with Crippen molar-refractivity contribution >= 4 is 10.2 Å². The fraction of sp³-hybridized carbons (Fsp3) is 1.00. The summed E-state index contributed by atoms with van der Waals surface area (Å²) in [4.78, 5) is 0. The van der Waals surface area contributed by atoms with Gasteiger partial charge in [0.2, 0.25) is 0 Å². The van der Waals surface area contributed by atoms with Gasteiger partial charge in [-0.25, -0.2) is 4.72 Å². The molecular weight excluding hydrogens is 238 g/mol. The van der Waals surface area contributed by atoms with Gasteiger partial charge in [0.05, 0.1) is 0 Å². The zero-order valence-electron chi connectivity index (χ0n) is 10.9. The maximum absolute atomic E-state index is 12.2. The molecule has 0 aromatic rings. The van der Waals surface area contributed by atoms with Crippen LogP contribution in [0.3, 0.4) is 0 Å². The average molecular weight is 263 g/mol. The zero-order chi connectivity index (χ0) is 12.7. The maximum Gasteiger partial charge on any atom is 0.279 e. The molecule has 2 N–H and O–H groups in total. The van der Waals surface area contributed by atoms with Gasteiger partial charge in [-0.1, -0.05) is 13.8 Å². The van der Waals surface area contributed by atoms with Gasteiger partial charge in [-0.2, -0.15) is 12.7 Å². The molecule has 0 aliphatic carbocycles. The van der Waals surface area contributed by atoms with Crippen molar-refractivity contribution < 1.29 is 8.42 Å². The van der Waals surface area contributed by atoms with Crippen LogP contribution in [-0.4, -0.2) is 44.9 Å². The Bertz CT molecular complexity index is 300. The van der Waals surface area contributed by atoms with E-state index < -0.39 is 10.2 Å². The van der Waals surface area contributed by atoms with Crippen molar-refractivity contribution in [3.05, 3.63) is 0 Å². The molecule has 0 unspecified atom stereocenters. The van der Waals surface area contributed by atoms with Crippen LogP contribution in [0.5, 0.6) is 0 Å².